The minimum atomic E-state index is 0.121. The van der Waals surface area contributed by atoms with Crippen LogP contribution in [0.25, 0.3) is 5.76 Å². The topological polar surface area (TPSA) is 20.2 Å². The molecule has 0 aliphatic rings. The van der Waals surface area contributed by atoms with Crippen molar-refractivity contribution in [1.82, 2.24) is 0 Å². The Morgan fingerprint density at radius 2 is 1.78 bits per heavy atom. The van der Waals surface area contributed by atoms with Crippen molar-refractivity contribution in [3.8, 4) is 0 Å². The van der Waals surface area contributed by atoms with Crippen LogP contribution >= 0.6 is 0 Å². The lowest BCUT2D eigenvalue weighted by molar-refractivity contribution is 0.514. The quantitative estimate of drug-likeness (QED) is 0.563. The molecule has 0 unspecified atom stereocenters. The second kappa shape index (κ2) is 2.35. The maximum absolute atomic E-state index is 8.83. The van der Waals surface area contributed by atoms with E-state index in [0.717, 1.165) is 5.56 Å². The summed E-state index contributed by atoms with van der Waals surface area (Å²) in [4.78, 5) is 0. The van der Waals surface area contributed by atoms with E-state index in [2.05, 4.69) is 6.58 Å². The Morgan fingerprint density at radius 1 is 1.22 bits per heavy atom. The summed E-state index contributed by atoms with van der Waals surface area (Å²) in [5, 5.41) is 8.83. The first-order valence-electron chi connectivity index (χ1n) is 2.74. The zero-order valence-corrected chi connectivity index (χ0v) is 5.04. The van der Waals surface area contributed by atoms with E-state index in [-0.39, 0.29) is 5.76 Å². The van der Waals surface area contributed by atoms with Crippen LogP contribution in [0.5, 0.6) is 0 Å². The Bertz CT molecular complexity index is 201. The van der Waals surface area contributed by atoms with Crippen LogP contribution in [0.2, 0.25) is 0 Å². The molecule has 0 aromatic heterocycles. The number of benzene rings is 1. The van der Waals surface area contributed by atoms with Crippen LogP contribution in [0, 0.1) is 0 Å². The summed E-state index contributed by atoms with van der Waals surface area (Å²) in [5.74, 6) is 0.121. The molecular formula is C8H8O. The third kappa shape index (κ3) is 1.32. The van der Waals surface area contributed by atoms with Crippen molar-refractivity contribution in [2.75, 3.05) is 0 Å². The van der Waals surface area contributed by atoms with Gasteiger partial charge in [-0.2, -0.15) is 0 Å². The van der Waals surface area contributed by atoms with Gasteiger partial charge in [0.1, 0.15) is 5.76 Å². The summed E-state index contributed by atoms with van der Waals surface area (Å²) in [6.07, 6.45) is 0. The first-order chi connectivity index (χ1) is 4.30. The lowest BCUT2D eigenvalue weighted by atomic mass is 10.2. The molecular weight excluding hydrogens is 112 g/mol. The number of aliphatic hydroxyl groups is 1. The van der Waals surface area contributed by atoms with Gasteiger partial charge in [-0.25, -0.2) is 0 Å². The Kier molecular flexibility index (Phi) is 1.54. The first-order valence-corrected chi connectivity index (χ1v) is 2.74. The van der Waals surface area contributed by atoms with Crippen molar-refractivity contribution in [3.63, 3.8) is 0 Å². The molecule has 0 aliphatic heterocycles. The summed E-state index contributed by atoms with van der Waals surface area (Å²) in [5.41, 5.74) is 0.775. The van der Waals surface area contributed by atoms with Crippen LogP contribution in [0.4, 0.5) is 0 Å². The predicted molar refractivity (Wildman–Crippen MR) is 38.1 cm³/mol. The largest absolute Gasteiger partial charge is 0.508 e. The Labute approximate surface area is 54.3 Å². The number of hydrogen-bond donors (Lipinski definition) is 1. The van der Waals surface area contributed by atoms with Gasteiger partial charge in [-0.3, -0.25) is 0 Å². The maximum Gasteiger partial charge on any atom is 0.115 e. The molecule has 1 nitrogen and oxygen atoms in total. The molecule has 1 aromatic carbocycles. The van der Waals surface area contributed by atoms with Crippen LogP contribution in [-0.4, -0.2) is 5.11 Å². The average molecular weight is 120 g/mol. The van der Waals surface area contributed by atoms with Crippen LogP contribution in [0.15, 0.2) is 36.9 Å². The summed E-state index contributed by atoms with van der Waals surface area (Å²) in [6, 6.07) is 9.23. The highest BCUT2D eigenvalue weighted by Gasteiger charge is 1.89. The Morgan fingerprint density at radius 3 is 2.11 bits per heavy atom. The summed E-state index contributed by atoms with van der Waals surface area (Å²) in [7, 11) is 0. The Balaban J connectivity index is 2.98. The van der Waals surface area contributed by atoms with Crippen LogP contribution < -0.4 is 0 Å². The summed E-state index contributed by atoms with van der Waals surface area (Å²) in [6.45, 7) is 3.38. The molecule has 0 radical (unpaired) electrons. The molecule has 1 N–H and O–H groups in total. The SMILES string of the molecule is C=C(O)c1ccccc1. The minimum absolute atomic E-state index is 0.121. The smallest absolute Gasteiger partial charge is 0.115 e. The number of rotatable bonds is 1. The third-order valence-electron chi connectivity index (χ3n) is 1.11. The van der Waals surface area contributed by atoms with Crippen molar-refractivity contribution in [2.45, 2.75) is 0 Å². The standard InChI is InChI=1S/C8H8O/c1-7(9)8-5-3-2-4-6-8/h2-6,9H,1H2. The van der Waals surface area contributed by atoms with E-state index in [1.54, 1.807) is 0 Å². The first kappa shape index (κ1) is 5.89. The fraction of sp³-hybridized carbons (Fsp3) is 0. The van der Waals surface area contributed by atoms with Crippen LogP contribution in [0.3, 0.4) is 0 Å². The molecule has 0 heterocycles. The summed E-state index contributed by atoms with van der Waals surface area (Å²) < 4.78 is 0. The molecule has 9 heavy (non-hydrogen) atoms. The van der Waals surface area contributed by atoms with Crippen molar-refractivity contribution in [1.29, 1.82) is 0 Å². The molecule has 1 aromatic rings. The van der Waals surface area contributed by atoms with Gasteiger partial charge in [0.25, 0.3) is 0 Å². The lowest BCUT2D eigenvalue weighted by Gasteiger charge is -1.93. The maximum atomic E-state index is 8.83. The number of hydrogen-bond acceptors (Lipinski definition) is 1. The van der Waals surface area contributed by atoms with Gasteiger partial charge in [0.2, 0.25) is 0 Å². The van der Waals surface area contributed by atoms with Gasteiger partial charge in [0.05, 0.1) is 0 Å². The van der Waals surface area contributed by atoms with Gasteiger partial charge in [0.15, 0.2) is 0 Å². The molecule has 1 rings (SSSR count). The van der Waals surface area contributed by atoms with Crippen LogP contribution in [-0.2, 0) is 0 Å². The molecule has 46 valence electrons. The van der Waals surface area contributed by atoms with E-state index in [0.29, 0.717) is 0 Å². The monoisotopic (exact) mass is 120 g/mol. The van der Waals surface area contributed by atoms with Gasteiger partial charge in [-0.05, 0) is 0 Å². The van der Waals surface area contributed by atoms with E-state index < -0.39 is 0 Å². The van der Waals surface area contributed by atoms with Gasteiger partial charge >= 0.3 is 0 Å². The normalized spacial score (nSPS) is 8.89. The average Bonchev–Trinajstić information content (AvgIpc) is 1.90. The molecule has 0 atom stereocenters. The molecule has 0 bridgehead atoms. The van der Waals surface area contributed by atoms with Gasteiger partial charge < -0.3 is 5.11 Å². The number of aliphatic hydroxyl groups excluding tert-OH is 1. The van der Waals surface area contributed by atoms with Gasteiger partial charge in [-0.15, -0.1) is 0 Å². The molecule has 0 aliphatic carbocycles. The highest BCUT2D eigenvalue weighted by Crippen LogP contribution is 2.06. The minimum Gasteiger partial charge on any atom is -0.508 e. The molecule has 0 saturated carbocycles. The van der Waals surface area contributed by atoms with E-state index in [4.69, 9.17) is 5.11 Å². The zero-order chi connectivity index (χ0) is 6.69. The van der Waals surface area contributed by atoms with E-state index in [1.165, 1.54) is 0 Å². The van der Waals surface area contributed by atoms with Crippen molar-refractivity contribution in [3.05, 3.63) is 42.5 Å². The molecule has 0 saturated heterocycles. The zero-order valence-electron chi connectivity index (χ0n) is 5.04. The fourth-order valence-electron chi connectivity index (χ4n) is 0.631. The molecule has 0 amide bonds. The molecule has 1 heteroatoms. The highest BCUT2D eigenvalue weighted by molar-refractivity contribution is 5.55. The third-order valence-corrected chi connectivity index (χ3v) is 1.11. The predicted octanol–water partition coefficient (Wildman–Crippen LogP) is 2.22. The van der Waals surface area contributed by atoms with Crippen LogP contribution in [0.1, 0.15) is 5.56 Å². The molecule has 0 fully saturated rings. The second-order valence-corrected chi connectivity index (χ2v) is 1.81. The lowest BCUT2D eigenvalue weighted by Crippen LogP contribution is -1.76. The van der Waals surface area contributed by atoms with E-state index in [1.807, 2.05) is 30.3 Å². The van der Waals surface area contributed by atoms with Crippen molar-refractivity contribution < 1.29 is 5.11 Å². The highest BCUT2D eigenvalue weighted by atomic mass is 16.3. The van der Waals surface area contributed by atoms with Gasteiger partial charge in [0, 0.05) is 5.56 Å². The van der Waals surface area contributed by atoms with Gasteiger partial charge in [-0.1, -0.05) is 36.9 Å². The Hall–Kier alpha value is -1.24. The molecule has 0 spiro atoms. The van der Waals surface area contributed by atoms with E-state index >= 15 is 0 Å². The fourth-order valence-corrected chi connectivity index (χ4v) is 0.631. The van der Waals surface area contributed by atoms with Crippen molar-refractivity contribution in [2.24, 2.45) is 0 Å². The second-order valence-electron chi connectivity index (χ2n) is 1.81. The summed E-state index contributed by atoms with van der Waals surface area (Å²) >= 11 is 0. The van der Waals surface area contributed by atoms with Crippen molar-refractivity contribution >= 4 is 5.76 Å². The van der Waals surface area contributed by atoms with E-state index in [9.17, 15) is 0 Å².